The number of ether oxygens (including phenoxy) is 1. The molecule has 5 rings (SSSR count). The molecule has 0 atom stereocenters. The van der Waals surface area contributed by atoms with Gasteiger partial charge in [0.1, 0.15) is 5.75 Å². The van der Waals surface area contributed by atoms with Crippen LogP contribution in [0.5, 0.6) is 5.75 Å². The molecule has 0 spiro atoms. The van der Waals surface area contributed by atoms with Gasteiger partial charge in [-0.05, 0) is 35.7 Å². The summed E-state index contributed by atoms with van der Waals surface area (Å²) in [4.78, 5) is 17.7. The van der Waals surface area contributed by atoms with E-state index in [9.17, 15) is 13.2 Å². The Hall–Kier alpha value is -3.95. The maximum atomic E-state index is 13.4. The Morgan fingerprint density at radius 1 is 0.941 bits per heavy atom. The highest BCUT2D eigenvalue weighted by Gasteiger charge is 2.22. The monoisotopic (exact) mass is 489 g/mol. The van der Waals surface area contributed by atoms with Crippen molar-refractivity contribution in [2.24, 2.45) is 0 Å². The fourth-order valence-electron chi connectivity index (χ4n) is 3.65. The van der Waals surface area contributed by atoms with Crippen molar-refractivity contribution in [3.8, 4) is 5.75 Å². The van der Waals surface area contributed by atoms with Gasteiger partial charge in [-0.15, -0.1) is 0 Å². The molecule has 0 fully saturated rings. The van der Waals surface area contributed by atoms with Gasteiger partial charge in [-0.25, -0.2) is 13.4 Å². The average molecular weight is 490 g/mol. The van der Waals surface area contributed by atoms with E-state index in [4.69, 9.17) is 4.74 Å². The molecule has 0 saturated carbocycles. The van der Waals surface area contributed by atoms with Crippen molar-refractivity contribution in [2.45, 2.75) is 4.90 Å². The molecular weight excluding hydrogens is 470 g/mol. The minimum atomic E-state index is -4.01. The molecule has 0 aliphatic carbocycles. The van der Waals surface area contributed by atoms with Gasteiger partial charge in [-0.2, -0.15) is 0 Å². The van der Waals surface area contributed by atoms with Crippen molar-refractivity contribution >= 4 is 59.1 Å². The van der Waals surface area contributed by atoms with E-state index in [0.717, 1.165) is 15.6 Å². The lowest BCUT2D eigenvalue weighted by atomic mass is 10.1. The van der Waals surface area contributed by atoms with Gasteiger partial charge in [0, 0.05) is 11.5 Å². The number of fused-ring (bicyclic) bond motifs is 2. The summed E-state index contributed by atoms with van der Waals surface area (Å²) in [7, 11) is -2.54. The van der Waals surface area contributed by atoms with Crippen LogP contribution in [0.15, 0.2) is 89.8 Å². The van der Waals surface area contributed by atoms with Crippen molar-refractivity contribution in [3.05, 3.63) is 90.5 Å². The minimum absolute atomic E-state index is 0.103. The van der Waals surface area contributed by atoms with Gasteiger partial charge in [-0.1, -0.05) is 59.9 Å². The maximum Gasteiger partial charge on any atom is 0.262 e. The first-order valence-corrected chi connectivity index (χ1v) is 12.6. The number of benzene rings is 4. The van der Waals surface area contributed by atoms with E-state index < -0.39 is 15.9 Å². The third-order valence-electron chi connectivity index (χ3n) is 5.27. The maximum absolute atomic E-state index is 13.4. The van der Waals surface area contributed by atoms with Crippen LogP contribution in [-0.2, 0) is 10.0 Å². The topological polar surface area (TPSA) is 97.4 Å². The molecule has 0 radical (unpaired) electrons. The zero-order chi connectivity index (χ0) is 23.7. The number of nitrogens with one attached hydrogen (secondary N) is 2. The summed E-state index contributed by atoms with van der Waals surface area (Å²) in [5.74, 6) is -0.0792. The molecule has 170 valence electrons. The summed E-state index contributed by atoms with van der Waals surface area (Å²) in [6.07, 6.45) is 0. The lowest BCUT2D eigenvalue weighted by molar-refractivity contribution is 0.102. The third kappa shape index (κ3) is 4.18. The second-order valence-electron chi connectivity index (χ2n) is 7.44. The Morgan fingerprint density at radius 2 is 1.71 bits per heavy atom. The molecule has 34 heavy (non-hydrogen) atoms. The molecule has 7 nitrogen and oxygen atoms in total. The van der Waals surface area contributed by atoms with Crippen molar-refractivity contribution in [1.82, 2.24) is 4.98 Å². The molecule has 0 saturated heterocycles. The van der Waals surface area contributed by atoms with E-state index in [1.807, 2.05) is 42.5 Å². The van der Waals surface area contributed by atoms with Crippen molar-refractivity contribution in [1.29, 1.82) is 0 Å². The molecule has 0 aliphatic heterocycles. The van der Waals surface area contributed by atoms with Gasteiger partial charge in [0.25, 0.3) is 15.9 Å². The molecule has 1 aromatic heterocycles. The summed E-state index contributed by atoms with van der Waals surface area (Å²) in [5.41, 5.74) is 1.02. The number of para-hydroxylation sites is 1. The zero-order valence-corrected chi connectivity index (χ0v) is 19.6. The van der Waals surface area contributed by atoms with Crippen LogP contribution < -0.4 is 14.8 Å². The first-order valence-electron chi connectivity index (χ1n) is 10.3. The Balaban J connectivity index is 1.51. The SMILES string of the molecule is COc1ccc(C(=O)Nc2nc3ccccc3s2)c(NS(=O)(=O)c2cccc3ccccc23)c1. The van der Waals surface area contributed by atoms with Crippen LogP contribution in [0.1, 0.15) is 10.4 Å². The second kappa shape index (κ2) is 8.77. The fraction of sp³-hybridized carbons (Fsp3) is 0.0400. The van der Waals surface area contributed by atoms with Gasteiger partial charge in [0.15, 0.2) is 5.13 Å². The Morgan fingerprint density at radius 3 is 2.53 bits per heavy atom. The number of amides is 1. The molecule has 0 bridgehead atoms. The van der Waals surface area contributed by atoms with E-state index in [1.54, 1.807) is 24.3 Å². The molecule has 0 unspecified atom stereocenters. The first kappa shape index (κ1) is 21.9. The first-order chi connectivity index (χ1) is 16.4. The van der Waals surface area contributed by atoms with E-state index >= 15 is 0 Å². The fourth-order valence-corrected chi connectivity index (χ4v) is 5.82. The number of anilines is 2. The number of hydrogen-bond acceptors (Lipinski definition) is 6. The van der Waals surface area contributed by atoms with Crippen molar-refractivity contribution in [3.63, 3.8) is 0 Å². The quantitative estimate of drug-likeness (QED) is 0.328. The summed E-state index contributed by atoms with van der Waals surface area (Å²) < 4.78 is 35.5. The summed E-state index contributed by atoms with van der Waals surface area (Å²) in [6.45, 7) is 0. The molecule has 5 aromatic rings. The average Bonchev–Trinajstić information content (AvgIpc) is 3.25. The molecule has 1 amide bonds. The predicted octanol–water partition coefficient (Wildman–Crippen LogP) is 5.51. The number of rotatable bonds is 6. The number of methoxy groups -OCH3 is 1. The lowest BCUT2D eigenvalue weighted by Gasteiger charge is -2.15. The number of thiazole rings is 1. The van der Waals surface area contributed by atoms with E-state index in [-0.39, 0.29) is 16.1 Å². The Kier molecular flexibility index (Phi) is 5.64. The molecule has 0 aliphatic rings. The summed E-state index contributed by atoms with van der Waals surface area (Å²) >= 11 is 1.34. The van der Waals surface area contributed by atoms with Crippen LogP contribution in [0.3, 0.4) is 0 Å². The van der Waals surface area contributed by atoms with Crippen LogP contribution in [0.2, 0.25) is 0 Å². The molecule has 9 heteroatoms. The normalized spacial score (nSPS) is 11.4. The molecule has 1 heterocycles. The zero-order valence-electron chi connectivity index (χ0n) is 18.0. The smallest absolute Gasteiger partial charge is 0.262 e. The van der Waals surface area contributed by atoms with Crippen LogP contribution in [0.4, 0.5) is 10.8 Å². The van der Waals surface area contributed by atoms with E-state index in [0.29, 0.717) is 16.3 Å². The van der Waals surface area contributed by atoms with E-state index in [1.165, 1.54) is 36.6 Å². The predicted molar refractivity (Wildman–Crippen MR) is 135 cm³/mol. The molecule has 4 aromatic carbocycles. The minimum Gasteiger partial charge on any atom is -0.497 e. The summed E-state index contributed by atoms with van der Waals surface area (Å²) in [6, 6.07) is 24.4. The third-order valence-corrected chi connectivity index (χ3v) is 7.64. The van der Waals surface area contributed by atoms with E-state index in [2.05, 4.69) is 15.0 Å². The van der Waals surface area contributed by atoms with Crippen LogP contribution >= 0.6 is 11.3 Å². The Bertz CT molecular complexity index is 1610. The second-order valence-corrected chi connectivity index (χ2v) is 10.1. The van der Waals surface area contributed by atoms with Gasteiger partial charge in [0.05, 0.1) is 33.5 Å². The van der Waals surface area contributed by atoms with Crippen LogP contribution in [0.25, 0.3) is 21.0 Å². The van der Waals surface area contributed by atoms with Gasteiger partial charge >= 0.3 is 0 Å². The number of carbonyl (C=O) groups is 1. The van der Waals surface area contributed by atoms with Crippen molar-refractivity contribution in [2.75, 3.05) is 17.1 Å². The van der Waals surface area contributed by atoms with Gasteiger partial charge in [-0.3, -0.25) is 14.8 Å². The summed E-state index contributed by atoms with van der Waals surface area (Å²) in [5, 5.41) is 4.57. The standard InChI is InChI=1S/C25H19N3O4S2/c1-32-17-13-14-19(24(29)27-25-26-20-10-4-5-11-22(20)33-25)21(15-17)28-34(30,31)23-12-6-8-16-7-2-3-9-18(16)23/h2-15,28H,1H3,(H,26,27,29). The molecular formula is C25H19N3O4S2. The van der Waals surface area contributed by atoms with Gasteiger partial charge < -0.3 is 4.74 Å². The Labute approximate surface area is 200 Å². The van der Waals surface area contributed by atoms with Crippen LogP contribution in [-0.4, -0.2) is 26.4 Å². The van der Waals surface area contributed by atoms with Crippen molar-refractivity contribution < 1.29 is 17.9 Å². The number of carbonyl (C=O) groups excluding carboxylic acids is 1. The number of aromatic nitrogens is 1. The molecule has 2 N–H and O–H groups in total. The number of hydrogen-bond donors (Lipinski definition) is 2. The highest BCUT2D eigenvalue weighted by molar-refractivity contribution is 7.93. The number of nitrogens with zero attached hydrogens (tertiary/aromatic N) is 1. The van der Waals surface area contributed by atoms with Gasteiger partial charge in [0.2, 0.25) is 0 Å². The van der Waals surface area contributed by atoms with Crippen LogP contribution in [0, 0.1) is 0 Å². The number of sulfonamides is 1. The lowest BCUT2D eigenvalue weighted by Crippen LogP contribution is -2.19. The highest BCUT2D eigenvalue weighted by Crippen LogP contribution is 2.30. The largest absolute Gasteiger partial charge is 0.497 e. The highest BCUT2D eigenvalue weighted by atomic mass is 32.2.